The van der Waals surface area contributed by atoms with E-state index in [1.807, 2.05) is 0 Å². The molecule has 23 heavy (non-hydrogen) atoms. The van der Waals surface area contributed by atoms with Gasteiger partial charge in [0.25, 0.3) is 0 Å². The van der Waals surface area contributed by atoms with Gasteiger partial charge in [-0.05, 0) is 24.3 Å². The molecule has 3 aromatic rings. The van der Waals surface area contributed by atoms with Crippen LogP contribution in [-0.4, -0.2) is 4.98 Å². The molecule has 0 bridgehead atoms. The minimum atomic E-state index is -4.43. The molecule has 120 valence electrons. The number of aryl methyl sites for hydroxylation is 1. The fraction of sp³-hybridized carbons (Fsp3) is 0.188. The number of oxazole rings is 1. The molecule has 1 heterocycles. The Bertz CT molecular complexity index is 856. The molecular weight excluding hydrogens is 309 g/mol. The fourth-order valence-electron chi connectivity index (χ4n) is 2.25. The first kappa shape index (κ1) is 15.4. The predicted molar refractivity (Wildman–Crippen MR) is 78.2 cm³/mol. The summed E-state index contributed by atoms with van der Waals surface area (Å²) >= 11 is 0. The molecule has 3 rings (SSSR count). The summed E-state index contributed by atoms with van der Waals surface area (Å²) in [6.07, 6.45) is -4.43. The van der Waals surface area contributed by atoms with E-state index in [4.69, 9.17) is 14.9 Å². The first-order chi connectivity index (χ1) is 10.9. The maximum absolute atomic E-state index is 12.8. The summed E-state index contributed by atoms with van der Waals surface area (Å²) in [4.78, 5) is 4.22. The number of halogens is 3. The van der Waals surface area contributed by atoms with Crippen molar-refractivity contribution in [3.05, 3.63) is 53.4 Å². The van der Waals surface area contributed by atoms with E-state index in [2.05, 4.69) is 4.98 Å². The smallest absolute Gasteiger partial charge is 0.416 e. The highest BCUT2D eigenvalue weighted by molar-refractivity contribution is 5.83. The maximum atomic E-state index is 12.8. The lowest BCUT2D eigenvalue weighted by molar-refractivity contribution is -0.137. The highest BCUT2D eigenvalue weighted by atomic mass is 19.4. The number of alkyl halides is 3. The zero-order valence-corrected chi connectivity index (χ0v) is 12.1. The molecule has 2 N–H and O–H groups in total. The molecule has 0 saturated heterocycles. The molecule has 0 fully saturated rings. The van der Waals surface area contributed by atoms with Crippen molar-refractivity contribution in [3.63, 3.8) is 0 Å². The molecule has 1 aromatic heterocycles. The van der Waals surface area contributed by atoms with E-state index in [9.17, 15) is 13.2 Å². The Morgan fingerprint density at radius 3 is 2.70 bits per heavy atom. The zero-order chi connectivity index (χ0) is 16.6. The largest absolute Gasteiger partial charge is 0.455 e. The van der Waals surface area contributed by atoms with Gasteiger partial charge in [0, 0.05) is 19.0 Å². The van der Waals surface area contributed by atoms with Crippen LogP contribution in [0.25, 0.3) is 11.1 Å². The molecule has 0 aliphatic heterocycles. The first-order valence-corrected chi connectivity index (χ1v) is 6.82. The van der Waals surface area contributed by atoms with Gasteiger partial charge in [0.2, 0.25) is 0 Å². The second kappa shape index (κ2) is 5.58. The number of benzene rings is 2. The molecule has 0 aliphatic carbocycles. The Morgan fingerprint density at radius 2 is 2.00 bits per heavy atom. The Labute approximate surface area is 129 Å². The topological polar surface area (TPSA) is 61.3 Å². The van der Waals surface area contributed by atoms with Gasteiger partial charge >= 0.3 is 6.18 Å². The van der Waals surface area contributed by atoms with Gasteiger partial charge in [-0.25, -0.2) is 4.98 Å². The summed E-state index contributed by atoms with van der Waals surface area (Å²) in [6.45, 7) is 1.93. The minimum Gasteiger partial charge on any atom is -0.455 e. The third-order valence-corrected chi connectivity index (χ3v) is 3.30. The van der Waals surface area contributed by atoms with Crippen LogP contribution < -0.4 is 10.5 Å². The van der Waals surface area contributed by atoms with Gasteiger partial charge < -0.3 is 14.9 Å². The van der Waals surface area contributed by atoms with E-state index in [0.717, 1.165) is 17.7 Å². The number of hydrogen-bond acceptors (Lipinski definition) is 4. The molecule has 2 aromatic carbocycles. The normalized spacial score (nSPS) is 11.9. The number of nitrogens with zero attached hydrogens (tertiary/aromatic N) is 1. The molecule has 7 heteroatoms. The van der Waals surface area contributed by atoms with Crippen molar-refractivity contribution in [1.82, 2.24) is 4.98 Å². The van der Waals surface area contributed by atoms with Crippen molar-refractivity contribution in [2.24, 2.45) is 5.73 Å². The minimum absolute atomic E-state index is 0.0716. The van der Waals surface area contributed by atoms with Crippen LogP contribution in [0.5, 0.6) is 11.5 Å². The predicted octanol–water partition coefficient (Wildman–Crippen LogP) is 4.41. The van der Waals surface area contributed by atoms with Crippen molar-refractivity contribution in [1.29, 1.82) is 0 Å². The van der Waals surface area contributed by atoms with Crippen LogP contribution in [0.3, 0.4) is 0 Å². The van der Waals surface area contributed by atoms with Crippen LogP contribution in [0.15, 0.2) is 40.8 Å². The fourth-order valence-corrected chi connectivity index (χ4v) is 2.25. The SMILES string of the molecule is Cc1nc2c(Oc3cccc(C(F)(F)F)c3)ccc(CN)c2o1. The summed E-state index contributed by atoms with van der Waals surface area (Å²) in [5, 5.41) is 0. The van der Waals surface area contributed by atoms with Gasteiger partial charge in [0.05, 0.1) is 5.56 Å². The molecule has 0 unspecified atom stereocenters. The number of ether oxygens (including phenoxy) is 1. The molecule has 0 saturated carbocycles. The van der Waals surface area contributed by atoms with Crippen LogP contribution in [-0.2, 0) is 12.7 Å². The second-order valence-electron chi connectivity index (χ2n) is 4.97. The summed E-state index contributed by atoms with van der Waals surface area (Å²) in [7, 11) is 0. The maximum Gasteiger partial charge on any atom is 0.416 e. The lowest BCUT2D eigenvalue weighted by Gasteiger charge is -2.10. The van der Waals surface area contributed by atoms with Crippen LogP contribution in [0.1, 0.15) is 17.0 Å². The summed E-state index contributed by atoms with van der Waals surface area (Å²) < 4.78 is 49.4. The van der Waals surface area contributed by atoms with E-state index in [1.54, 1.807) is 19.1 Å². The average Bonchev–Trinajstić information content (AvgIpc) is 2.89. The van der Waals surface area contributed by atoms with Gasteiger partial charge in [-0.15, -0.1) is 0 Å². The monoisotopic (exact) mass is 322 g/mol. The van der Waals surface area contributed by atoms with E-state index in [-0.39, 0.29) is 12.3 Å². The van der Waals surface area contributed by atoms with Gasteiger partial charge in [-0.2, -0.15) is 13.2 Å². The molecule has 0 atom stereocenters. The van der Waals surface area contributed by atoms with Gasteiger partial charge in [0.15, 0.2) is 22.7 Å². The first-order valence-electron chi connectivity index (χ1n) is 6.82. The second-order valence-corrected chi connectivity index (χ2v) is 4.97. The van der Waals surface area contributed by atoms with E-state index in [1.165, 1.54) is 12.1 Å². The highest BCUT2D eigenvalue weighted by Crippen LogP contribution is 2.35. The van der Waals surface area contributed by atoms with Crippen LogP contribution in [0.2, 0.25) is 0 Å². The Kier molecular flexibility index (Phi) is 3.73. The zero-order valence-electron chi connectivity index (χ0n) is 12.1. The third kappa shape index (κ3) is 3.00. The summed E-state index contributed by atoms with van der Waals surface area (Å²) in [5.74, 6) is 0.811. The molecule has 0 aliphatic rings. The molecular formula is C16H13F3N2O2. The average molecular weight is 322 g/mol. The van der Waals surface area contributed by atoms with Gasteiger partial charge in [0.1, 0.15) is 5.75 Å². The van der Waals surface area contributed by atoms with E-state index < -0.39 is 11.7 Å². The Balaban J connectivity index is 2.02. The van der Waals surface area contributed by atoms with Crippen LogP contribution in [0.4, 0.5) is 13.2 Å². The van der Waals surface area contributed by atoms with Crippen molar-refractivity contribution in [3.8, 4) is 11.5 Å². The van der Waals surface area contributed by atoms with Crippen LogP contribution in [0, 0.1) is 6.92 Å². The standard InChI is InChI=1S/C16H13F3N2O2/c1-9-21-14-13(6-5-10(8-20)15(14)22-9)23-12-4-2-3-11(7-12)16(17,18)19/h2-7H,8,20H2,1H3. The highest BCUT2D eigenvalue weighted by Gasteiger charge is 2.30. The number of fused-ring (bicyclic) bond motifs is 1. The molecule has 0 spiro atoms. The van der Waals surface area contributed by atoms with Crippen molar-refractivity contribution < 1.29 is 22.3 Å². The quantitative estimate of drug-likeness (QED) is 0.776. The van der Waals surface area contributed by atoms with Gasteiger partial charge in [-0.1, -0.05) is 12.1 Å². The molecule has 4 nitrogen and oxygen atoms in total. The number of rotatable bonds is 3. The van der Waals surface area contributed by atoms with E-state index >= 15 is 0 Å². The number of aromatic nitrogens is 1. The third-order valence-electron chi connectivity index (χ3n) is 3.30. The number of hydrogen-bond donors (Lipinski definition) is 1. The number of nitrogens with two attached hydrogens (primary N) is 1. The van der Waals surface area contributed by atoms with Gasteiger partial charge in [-0.3, -0.25) is 0 Å². The summed E-state index contributed by atoms with van der Waals surface area (Å²) in [6, 6.07) is 7.99. The molecule has 0 amide bonds. The van der Waals surface area contributed by atoms with Crippen LogP contribution >= 0.6 is 0 Å². The van der Waals surface area contributed by atoms with Crippen molar-refractivity contribution in [2.45, 2.75) is 19.6 Å². The Morgan fingerprint density at radius 1 is 1.22 bits per heavy atom. The lowest BCUT2D eigenvalue weighted by Crippen LogP contribution is -2.04. The van der Waals surface area contributed by atoms with Crippen molar-refractivity contribution >= 4 is 11.1 Å². The molecule has 0 radical (unpaired) electrons. The van der Waals surface area contributed by atoms with Crippen molar-refractivity contribution in [2.75, 3.05) is 0 Å². The Hall–Kier alpha value is -2.54. The lowest BCUT2D eigenvalue weighted by atomic mass is 10.2. The van der Waals surface area contributed by atoms with E-state index in [0.29, 0.717) is 22.7 Å². The summed E-state index contributed by atoms with van der Waals surface area (Å²) in [5.41, 5.74) is 6.53.